The number of aryl methyl sites for hydroxylation is 1. The molecule has 0 atom stereocenters. The Kier molecular flexibility index (Phi) is 2.98. The van der Waals surface area contributed by atoms with E-state index in [1.807, 2.05) is 0 Å². The zero-order valence-electron chi connectivity index (χ0n) is 8.00. The number of fused-ring (bicyclic) bond motifs is 1. The van der Waals surface area contributed by atoms with E-state index < -0.39 is 0 Å². The van der Waals surface area contributed by atoms with Crippen molar-refractivity contribution in [3.05, 3.63) is 16.0 Å². The minimum absolute atomic E-state index is 0.0352. The minimum Gasteiger partial charge on any atom is -0.316 e. The van der Waals surface area contributed by atoms with Crippen LogP contribution < -0.4 is 5.32 Å². The second-order valence-electron chi connectivity index (χ2n) is 3.37. The molecule has 1 N–H and O–H groups in total. The van der Waals surface area contributed by atoms with E-state index in [-0.39, 0.29) is 11.7 Å². The van der Waals surface area contributed by atoms with Crippen molar-refractivity contribution in [1.82, 2.24) is 0 Å². The predicted octanol–water partition coefficient (Wildman–Crippen LogP) is 2.24. The lowest BCUT2D eigenvalue weighted by Gasteiger charge is -2.00. The van der Waals surface area contributed by atoms with Crippen LogP contribution in [0.3, 0.4) is 0 Å². The summed E-state index contributed by atoms with van der Waals surface area (Å²) in [5.41, 5.74) is 1.77. The Labute approximate surface area is 97.5 Å². The second-order valence-corrected chi connectivity index (χ2v) is 4.76. The van der Waals surface area contributed by atoms with Crippen LogP contribution in [0.25, 0.3) is 0 Å². The number of amides is 1. The summed E-state index contributed by atoms with van der Waals surface area (Å²) in [5.74, 6) is -0.172. The summed E-state index contributed by atoms with van der Waals surface area (Å²) in [4.78, 5) is 12.4. The molecule has 1 amide bonds. The van der Waals surface area contributed by atoms with Gasteiger partial charge in [0, 0.05) is 4.88 Å². The highest BCUT2D eigenvalue weighted by atomic mass is 32.1. The molecule has 0 aliphatic heterocycles. The quantitative estimate of drug-likeness (QED) is 0.857. The van der Waals surface area contributed by atoms with Crippen molar-refractivity contribution in [2.75, 3.05) is 11.1 Å². The molecule has 1 radical (unpaired) electrons. The molecule has 5 heteroatoms. The summed E-state index contributed by atoms with van der Waals surface area (Å²) in [6.07, 6.45) is 3.10. The molecule has 0 saturated carbocycles. The number of anilines is 1. The van der Waals surface area contributed by atoms with Crippen molar-refractivity contribution >= 4 is 34.9 Å². The molecular weight excluding hydrogens is 228 g/mol. The largest absolute Gasteiger partial charge is 0.316 e. The van der Waals surface area contributed by atoms with Crippen LogP contribution in [-0.2, 0) is 17.6 Å². The molecule has 15 heavy (non-hydrogen) atoms. The Balaban J connectivity index is 2.33. The molecule has 0 fully saturated rings. The average molecular weight is 237 g/mol. The number of carbonyl (C=O) groups is 1. The first kappa shape index (κ1) is 10.5. The highest BCUT2D eigenvalue weighted by molar-refractivity contribution is 7.81. The predicted molar refractivity (Wildman–Crippen MR) is 62.1 cm³/mol. The molecule has 3 nitrogen and oxygen atoms in total. The molecule has 1 aliphatic carbocycles. The molecule has 0 bridgehead atoms. The van der Waals surface area contributed by atoms with Gasteiger partial charge in [0.05, 0.1) is 11.3 Å². The van der Waals surface area contributed by atoms with Gasteiger partial charge in [-0.25, -0.2) is 0 Å². The summed E-state index contributed by atoms with van der Waals surface area (Å²) < 4.78 is 0. The number of rotatable bonds is 2. The maximum atomic E-state index is 11.2. The number of thiophene rings is 1. The topological polar surface area (TPSA) is 52.9 Å². The van der Waals surface area contributed by atoms with Crippen LogP contribution in [0, 0.1) is 11.3 Å². The lowest BCUT2D eigenvalue weighted by Crippen LogP contribution is -2.12. The normalized spacial score (nSPS) is 13.3. The Bertz CT molecular complexity index is 445. The van der Waals surface area contributed by atoms with E-state index in [1.165, 1.54) is 16.2 Å². The van der Waals surface area contributed by atoms with Gasteiger partial charge >= 0.3 is 0 Å². The fourth-order valence-electron chi connectivity index (χ4n) is 1.77. The summed E-state index contributed by atoms with van der Waals surface area (Å²) in [6, 6.07) is 2.17. The van der Waals surface area contributed by atoms with Gasteiger partial charge in [0.2, 0.25) is 5.91 Å². The van der Waals surface area contributed by atoms with Crippen molar-refractivity contribution in [1.29, 1.82) is 5.26 Å². The zero-order chi connectivity index (χ0) is 10.8. The van der Waals surface area contributed by atoms with Gasteiger partial charge in [-0.05, 0) is 24.8 Å². The molecule has 1 aliphatic rings. The van der Waals surface area contributed by atoms with Gasteiger partial charge < -0.3 is 5.32 Å². The Morgan fingerprint density at radius 1 is 1.60 bits per heavy atom. The number of carbonyl (C=O) groups excluding carboxylic acids is 1. The van der Waals surface area contributed by atoms with Gasteiger partial charge in [0.15, 0.2) is 0 Å². The van der Waals surface area contributed by atoms with E-state index in [2.05, 4.69) is 24.0 Å². The number of hydrogen-bond acceptors (Lipinski definition) is 3. The van der Waals surface area contributed by atoms with Crippen LogP contribution in [0.4, 0.5) is 5.00 Å². The fraction of sp³-hybridized carbons (Fsp3) is 0.400. The van der Waals surface area contributed by atoms with Crippen LogP contribution in [-0.4, -0.2) is 11.7 Å². The third kappa shape index (κ3) is 1.87. The standard InChI is InChI=1S/C10H9N2OS2/c11-4-7-6-2-1-3-8(6)15-10(7)12-9(13)5-14/h1-3,5H2,(H,12,13). The molecule has 1 aromatic heterocycles. The molecule has 0 saturated heterocycles. The van der Waals surface area contributed by atoms with Crippen molar-refractivity contribution in [2.24, 2.45) is 0 Å². The Hall–Kier alpha value is -0.990. The van der Waals surface area contributed by atoms with E-state index in [1.54, 1.807) is 0 Å². The minimum atomic E-state index is -0.207. The first-order chi connectivity index (χ1) is 7.26. The molecule has 2 rings (SSSR count). The van der Waals surface area contributed by atoms with E-state index in [9.17, 15) is 4.79 Å². The van der Waals surface area contributed by atoms with E-state index in [4.69, 9.17) is 5.26 Å². The van der Waals surface area contributed by atoms with Crippen molar-refractivity contribution in [3.63, 3.8) is 0 Å². The summed E-state index contributed by atoms with van der Waals surface area (Å²) in [7, 11) is 0. The van der Waals surface area contributed by atoms with Crippen molar-refractivity contribution < 1.29 is 4.79 Å². The average Bonchev–Trinajstić information content (AvgIpc) is 2.77. The van der Waals surface area contributed by atoms with Gasteiger partial charge in [0.1, 0.15) is 11.1 Å². The van der Waals surface area contributed by atoms with Gasteiger partial charge in [-0.3, -0.25) is 4.79 Å². The molecule has 77 valence electrons. The van der Waals surface area contributed by atoms with Crippen LogP contribution in [0.5, 0.6) is 0 Å². The van der Waals surface area contributed by atoms with E-state index in [0.29, 0.717) is 10.6 Å². The molecule has 0 unspecified atom stereocenters. The summed E-state index contributed by atoms with van der Waals surface area (Å²) in [6.45, 7) is 0. The van der Waals surface area contributed by atoms with E-state index in [0.717, 1.165) is 24.8 Å². The molecular formula is C10H9N2OS2. The number of nitriles is 1. The highest BCUT2D eigenvalue weighted by Gasteiger charge is 2.22. The third-order valence-corrected chi connectivity index (χ3v) is 3.89. The van der Waals surface area contributed by atoms with Crippen LogP contribution in [0.15, 0.2) is 0 Å². The maximum Gasteiger partial charge on any atom is 0.235 e. The first-order valence-corrected chi connectivity index (χ1v) is 6.08. The number of hydrogen-bond donors (Lipinski definition) is 1. The first-order valence-electron chi connectivity index (χ1n) is 4.69. The van der Waals surface area contributed by atoms with Gasteiger partial charge in [0.25, 0.3) is 0 Å². The smallest absolute Gasteiger partial charge is 0.235 e. The van der Waals surface area contributed by atoms with Crippen molar-refractivity contribution in [3.8, 4) is 6.07 Å². The fourth-order valence-corrected chi connectivity index (χ4v) is 3.10. The van der Waals surface area contributed by atoms with Gasteiger partial charge in [-0.1, -0.05) is 12.6 Å². The molecule has 0 aromatic carbocycles. The number of nitrogens with zero attached hydrogens (tertiary/aromatic N) is 1. The van der Waals surface area contributed by atoms with Crippen LogP contribution in [0.2, 0.25) is 0 Å². The molecule has 0 spiro atoms. The Morgan fingerprint density at radius 2 is 2.40 bits per heavy atom. The Morgan fingerprint density at radius 3 is 3.07 bits per heavy atom. The highest BCUT2D eigenvalue weighted by Crippen LogP contribution is 2.38. The SMILES string of the molecule is N#Cc1c(NC(=O)C[S])sc2c1CCC2. The maximum absolute atomic E-state index is 11.2. The van der Waals surface area contributed by atoms with Gasteiger partial charge in [-0.15, -0.1) is 11.3 Å². The zero-order valence-corrected chi connectivity index (χ0v) is 9.63. The lowest BCUT2D eigenvalue weighted by atomic mass is 10.1. The third-order valence-electron chi connectivity index (χ3n) is 2.42. The van der Waals surface area contributed by atoms with Gasteiger partial charge in [-0.2, -0.15) is 5.26 Å². The van der Waals surface area contributed by atoms with Crippen LogP contribution >= 0.6 is 24.0 Å². The van der Waals surface area contributed by atoms with E-state index >= 15 is 0 Å². The lowest BCUT2D eigenvalue weighted by molar-refractivity contribution is -0.113. The summed E-state index contributed by atoms with van der Waals surface area (Å²) in [5, 5.41) is 12.4. The number of nitrogens with one attached hydrogen (secondary N) is 1. The summed E-state index contributed by atoms with van der Waals surface area (Å²) >= 11 is 6.16. The van der Waals surface area contributed by atoms with Crippen LogP contribution in [0.1, 0.15) is 22.4 Å². The monoisotopic (exact) mass is 237 g/mol. The molecule has 1 aromatic rings. The molecule has 1 heterocycles. The van der Waals surface area contributed by atoms with Crippen molar-refractivity contribution in [2.45, 2.75) is 19.3 Å². The second kappa shape index (κ2) is 4.25.